The first kappa shape index (κ1) is 14.4. The number of piperidine rings is 1. The number of Topliss-reactive ketones (excluding diaryl/α,β-unsaturated/α-hetero) is 1. The van der Waals surface area contributed by atoms with Gasteiger partial charge in [-0.2, -0.15) is 11.8 Å². The van der Waals surface area contributed by atoms with Crippen LogP contribution in [0.5, 0.6) is 0 Å². The highest BCUT2D eigenvalue weighted by Gasteiger charge is 2.34. The number of rotatable bonds is 5. The first-order chi connectivity index (χ1) is 8.83. The Morgan fingerprint density at radius 3 is 2.83 bits per heavy atom. The van der Waals surface area contributed by atoms with E-state index < -0.39 is 0 Å². The van der Waals surface area contributed by atoms with E-state index in [0.717, 1.165) is 19.3 Å². The average Bonchev–Trinajstić information content (AvgIpc) is 2.40. The van der Waals surface area contributed by atoms with Gasteiger partial charge in [-0.1, -0.05) is 19.8 Å². The Kier molecular flexibility index (Phi) is 6.03. The second kappa shape index (κ2) is 7.54. The van der Waals surface area contributed by atoms with Crippen LogP contribution in [0.15, 0.2) is 0 Å². The van der Waals surface area contributed by atoms with Crippen molar-refractivity contribution in [2.45, 2.75) is 57.9 Å². The molecule has 0 aromatic heterocycles. The molecule has 1 heterocycles. The summed E-state index contributed by atoms with van der Waals surface area (Å²) in [5.74, 6) is 3.36. The lowest BCUT2D eigenvalue weighted by atomic mass is 9.79. The third-order valence-electron chi connectivity index (χ3n) is 4.46. The number of hydrogen-bond acceptors (Lipinski definition) is 3. The van der Waals surface area contributed by atoms with E-state index in [-0.39, 0.29) is 0 Å². The SMILES string of the molecule is CCSCCN1CCCCC1C1CCCCC1=O. The van der Waals surface area contributed by atoms with Gasteiger partial charge in [0.05, 0.1) is 0 Å². The summed E-state index contributed by atoms with van der Waals surface area (Å²) in [6.07, 6.45) is 8.31. The van der Waals surface area contributed by atoms with E-state index in [0.29, 0.717) is 17.7 Å². The highest BCUT2D eigenvalue weighted by Crippen LogP contribution is 2.31. The highest BCUT2D eigenvalue weighted by atomic mass is 32.2. The predicted molar refractivity (Wildman–Crippen MR) is 79.2 cm³/mol. The van der Waals surface area contributed by atoms with E-state index in [1.807, 2.05) is 11.8 Å². The molecule has 0 spiro atoms. The van der Waals surface area contributed by atoms with E-state index in [9.17, 15) is 4.79 Å². The number of thioether (sulfide) groups is 1. The van der Waals surface area contributed by atoms with Crippen LogP contribution in [0.4, 0.5) is 0 Å². The Morgan fingerprint density at radius 1 is 1.22 bits per heavy atom. The van der Waals surface area contributed by atoms with E-state index in [1.54, 1.807) is 0 Å². The maximum absolute atomic E-state index is 12.1. The fourth-order valence-corrected chi connectivity index (χ4v) is 4.15. The standard InChI is InChI=1S/C15H27NOS/c1-2-18-12-11-16-10-6-5-8-14(16)13-7-3-4-9-15(13)17/h13-14H,2-12H2,1H3. The molecule has 0 N–H and O–H groups in total. The fourth-order valence-electron chi connectivity index (χ4n) is 3.49. The molecule has 1 aliphatic carbocycles. The lowest BCUT2D eigenvalue weighted by Gasteiger charge is -2.41. The van der Waals surface area contributed by atoms with Gasteiger partial charge in [0.1, 0.15) is 5.78 Å². The number of hydrogen-bond donors (Lipinski definition) is 0. The molecule has 1 saturated heterocycles. The number of likely N-dealkylation sites (tertiary alicyclic amines) is 1. The Morgan fingerprint density at radius 2 is 2.06 bits per heavy atom. The van der Waals surface area contributed by atoms with E-state index >= 15 is 0 Å². The van der Waals surface area contributed by atoms with Gasteiger partial charge in [-0.05, 0) is 38.0 Å². The quantitative estimate of drug-likeness (QED) is 0.714. The molecule has 104 valence electrons. The van der Waals surface area contributed by atoms with Crippen LogP contribution in [-0.4, -0.2) is 41.3 Å². The van der Waals surface area contributed by atoms with Crippen molar-refractivity contribution in [3.8, 4) is 0 Å². The molecule has 2 fully saturated rings. The smallest absolute Gasteiger partial charge is 0.137 e. The van der Waals surface area contributed by atoms with Crippen LogP contribution in [-0.2, 0) is 4.79 Å². The van der Waals surface area contributed by atoms with Crippen LogP contribution in [0.2, 0.25) is 0 Å². The van der Waals surface area contributed by atoms with Crippen LogP contribution in [0.1, 0.15) is 51.9 Å². The van der Waals surface area contributed by atoms with Gasteiger partial charge in [0, 0.05) is 30.7 Å². The van der Waals surface area contributed by atoms with Crippen LogP contribution >= 0.6 is 11.8 Å². The molecule has 2 unspecified atom stereocenters. The van der Waals surface area contributed by atoms with Gasteiger partial charge in [0.25, 0.3) is 0 Å². The predicted octanol–water partition coefficient (Wildman–Crippen LogP) is 3.35. The highest BCUT2D eigenvalue weighted by molar-refractivity contribution is 7.99. The third-order valence-corrected chi connectivity index (χ3v) is 5.34. The lowest BCUT2D eigenvalue weighted by molar-refractivity contribution is -0.127. The second-order valence-corrected chi connectivity index (χ2v) is 7.01. The van der Waals surface area contributed by atoms with Gasteiger partial charge in [0.15, 0.2) is 0 Å². The maximum Gasteiger partial charge on any atom is 0.137 e. The van der Waals surface area contributed by atoms with E-state index in [1.165, 1.54) is 50.3 Å². The van der Waals surface area contributed by atoms with Crippen LogP contribution < -0.4 is 0 Å². The summed E-state index contributed by atoms with van der Waals surface area (Å²) in [6, 6.07) is 0.573. The Bertz CT molecular complexity index is 269. The topological polar surface area (TPSA) is 20.3 Å². The maximum atomic E-state index is 12.1. The number of ketones is 1. The van der Waals surface area contributed by atoms with Crippen molar-refractivity contribution in [2.75, 3.05) is 24.6 Å². The van der Waals surface area contributed by atoms with Crippen LogP contribution in [0.25, 0.3) is 0 Å². The summed E-state index contributed by atoms with van der Waals surface area (Å²) in [6.45, 7) is 4.63. The summed E-state index contributed by atoms with van der Waals surface area (Å²) in [5, 5.41) is 0. The van der Waals surface area contributed by atoms with Crippen molar-refractivity contribution in [1.82, 2.24) is 4.90 Å². The number of carbonyl (C=O) groups is 1. The minimum Gasteiger partial charge on any atom is -0.299 e. The summed E-state index contributed by atoms with van der Waals surface area (Å²) in [4.78, 5) is 14.8. The van der Waals surface area contributed by atoms with Gasteiger partial charge in [-0.15, -0.1) is 0 Å². The molecule has 2 rings (SSSR count). The first-order valence-corrected chi connectivity index (χ1v) is 8.83. The first-order valence-electron chi connectivity index (χ1n) is 7.67. The lowest BCUT2D eigenvalue weighted by Crippen LogP contribution is -2.48. The molecule has 0 amide bonds. The van der Waals surface area contributed by atoms with Crippen molar-refractivity contribution in [3.63, 3.8) is 0 Å². The zero-order valence-corrected chi connectivity index (χ0v) is 12.5. The Hall–Kier alpha value is -0.0200. The number of nitrogens with zero attached hydrogens (tertiary/aromatic N) is 1. The molecule has 2 aliphatic rings. The third kappa shape index (κ3) is 3.74. The number of carbonyl (C=O) groups excluding carboxylic acids is 1. The molecular weight excluding hydrogens is 242 g/mol. The zero-order chi connectivity index (χ0) is 12.8. The van der Waals surface area contributed by atoms with Crippen LogP contribution in [0.3, 0.4) is 0 Å². The van der Waals surface area contributed by atoms with Gasteiger partial charge >= 0.3 is 0 Å². The molecular formula is C15H27NOS. The fraction of sp³-hybridized carbons (Fsp3) is 0.933. The van der Waals surface area contributed by atoms with Crippen molar-refractivity contribution in [3.05, 3.63) is 0 Å². The molecule has 0 bridgehead atoms. The molecule has 18 heavy (non-hydrogen) atoms. The Balaban J connectivity index is 1.91. The molecule has 3 heteroatoms. The molecule has 0 aromatic carbocycles. The normalized spacial score (nSPS) is 30.6. The minimum atomic E-state index is 0.366. The van der Waals surface area contributed by atoms with Crippen LogP contribution in [0, 0.1) is 5.92 Å². The minimum absolute atomic E-state index is 0.366. The molecule has 2 atom stereocenters. The summed E-state index contributed by atoms with van der Waals surface area (Å²) in [5.41, 5.74) is 0. The van der Waals surface area contributed by atoms with Crippen molar-refractivity contribution < 1.29 is 4.79 Å². The van der Waals surface area contributed by atoms with Gasteiger partial charge < -0.3 is 0 Å². The molecule has 0 aromatic rings. The molecule has 2 nitrogen and oxygen atoms in total. The summed E-state index contributed by atoms with van der Waals surface area (Å²) in [7, 11) is 0. The molecule has 1 aliphatic heterocycles. The summed E-state index contributed by atoms with van der Waals surface area (Å²) >= 11 is 2.02. The van der Waals surface area contributed by atoms with Gasteiger partial charge in [0.2, 0.25) is 0 Å². The van der Waals surface area contributed by atoms with Crippen molar-refractivity contribution in [2.24, 2.45) is 5.92 Å². The average molecular weight is 269 g/mol. The van der Waals surface area contributed by atoms with Gasteiger partial charge in [-0.25, -0.2) is 0 Å². The molecule has 0 radical (unpaired) electrons. The summed E-state index contributed by atoms with van der Waals surface area (Å²) < 4.78 is 0. The monoisotopic (exact) mass is 269 g/mol. The van der Waals surface area contributed by atoms with Crippen molar-refractivity contribution >= 4 is 17.5 Å². The van der Waals surface area contributed by atoms with Gasteiger partial charge in [-0.3, -0.25) is 9.69 Å². The molecule has 1 saturated carbocycles. The van der Waals surface area contributed by atoms with E-state index in [2.05, 4.69) is 11.8 Å². The Labute approximate surface area is 116 Å². The van der Waals surface area contributed by atoms with Crippen molar-refractivity contribution in [1.29, 1.82) is 0 Å². The van der Waals surface area contributed by atoms with E-state index in [4.69, 9.17) is 0 Å². The second-order valence-electron chi connectivity index (χ2n) is 5.61. The largest absolute Gasteiger partial charge is 0.299 e. The zero-order valence-electron chi connectivity index (χ0n) is 11.7.